The lowest BCUT2D eigenvalue weighted by atomic mass is 10.1. The average Bonchev–Trinajstić information content (AvgIpc) is 2.89. The Labute approximate surface area is 122 Å². The summed E-state index contributed by atoms with van der Waals surface area (Å²) in [5.41, 5.74) is 1.93. The van der Waals surface area contributed by atoms with Crippen LogP contribution in [0.3, 0.4) is 0 Å². The number of aryl methyl sites for hydroxylation is 1. The molecule has 5 nitrogen and oxygen atoms in total. The summed E-state index contributed by atoms with van der Waals surface area (Å²) >= 11 is 5.94. The van der Waals surface area contributed by atoms with Crippen molar-refractivity contribution >= 4 is 23.6 Å². The number of carbonyl (C=O) groups is 2. The third-order valence-electron chi connectivity index (χ3n) is 3.49. The van der Waals surface area contributed by atoms with Crippen molar-refractivity contribution in [2.45, 2.75) is 19.9 Å². The molecule has 1 aromatic carbocycles. The number of likely N-dealkylation sites (tertiary alicyclic amines) is 1. The van der Waals surface area contributed by atoms with E-state index in [0.717, 1.165) is 11.1 Å². The van der Waals surface area contributed by atoms with Gasteiger partial charge in [0.15, 0.2) is 0 Å². The zero-order valence-corrected chi connectivity index (χ0v) is 12.0. The predicted octanol–water partition coefficient (Wildman–Crippen LogP) is 2.26. The molecule has 6 heteroatoms. The fourth-order valence-electron chi connectivity index (χ4n) is 2.25. The molecule has 0 bridgehead atoms. The number of halogens is 1. The van der Waals surface area contributed by atoms with Crippen molar-refractivity contribution < 1.29 is 14.7 Å². The number of urea groups is 1. The Balaban J connectivity index is 1.86. The first kappa shape index (κ1) is 14.7. The highest BCUT2D eigenvalue weighted by molar-refractivity contribution is 6.31. The molecule has 1 fully saturated rings. The van der Waals surface area contributed by atoms with Gasteiger partial charge in [0.2, 0.25) is 0 Å². The highest BCUT2D eigenvalue weighted by Gasteiger charge is 2.30. The van der Waals surface area contributed by atoms with E-state index in [1.165, 1.54) is 0 Å². The van der Waals surface area contributed by atoms with Crippen LogP contribution >= 0.6 is 11.6 Å². The molecule has 108 valence electrons. The second kappa shape index (κ2) is 6.13. The number of aliphatic carboxylic acids is 1. The van der Waals surface area contributed by atoms with Gasteiger partial charge in [-0.25, -0.2) is 4.79 Å². The van der Waals surface area contributed by atoms with Crippen LogP contribution in [0.15, 0.2) is 18.2 Å². The number of benzene rings is 1. The summed E-state index contributed by atoms with van der Waals surface area (Å²) in [5, 5.41) is 12.4. The van der Waals surface area contributed by atoms with E-state index in [1.807, 2.05) is 19.1 Å². The van der Waals surface area contributed by atoms with E-state index in [9.17, 15) is 9.59 Å². The molecule has 1 aliphatic rings. The summed E-state index contributed by atoms with van der Waals surface area (Å²) in [4.78, 5) is 24.3. The van der Waals surface area contributed by atoms with E-state index < -0.39 is 11.9 Å². The minimum absolute atomic E-state index is 0.221. The third-order valence-corrected chi connectivity index (χ3v) is 3.91. The van der Waals surface area contributed by atoms with E-state index in [2.05, 4.69) is 5.32 Å². The van der Waals surface area contributed by atoms with Crippen molar-refractivity contribution in [2.24, 2.45) is 5.92 Å². The van der Waals surface area contributed by atoms with Crippen molar-refractivity contribution in [3.8, 4) is 0 Å². The maximum atomic E-state index is 11.9. The number of carboxylic acids is 1. The monoisotopic (exact) mass is 296 g/mol. The second-order valence-corrected chi connectivity index (χ2v) is 5.42. The van der Waals surface area contributed by atoms with Crippen LogP contribution in [0.4, 0.5) is 4.79 Å². The van der Waals surface area contributed by atoms with Gasteiger partial charge in [0.25, 0.3) is 0 Å². The van der Waals surface area contributed by atoms with Gasteiger partial charge >= 0.3 is 12.0 Å². The number of carbonyl (C=O) groups excluding carboxylic acids is 1. The summed E-state index contributed by atoms with van der Waals surface area (Å²) in [7, 11) is 0. The molecule has 1 saturated heterocycles. The van der Waals surface area contributed by atoms with Gasteiger partial charge in [0, 0.05) is 24.7 Å². The lowest BCUT2D eigenvalue weighted by Gasteiger charge is -2.17. The Bertz CT molecular complexity index is 533. The third kappa shape index (κ3) is 3.42. The lowest BCUT2D eigenvalue weighted by molar-refractivity contribution is -0.141. The standard InChI is InChI=1S/C14H17ClN2O3/c1-9-6-10(2-3-12(9)15)7-16-14(20)17-5-4-11(8-17)13(18)19/h2-3,6,11H,4-5,7-8H2,1H3,(H,16,20)(H,18,19). The first-order valence-electron chi connectivity index (χ1n) is 6.48. The van der Waals surface area contributed by atoms with Crippen LogP contribution in [0.2, 0.25) is 5.02 Å². The van der Waals surface area contributed by atoms with Gasteiger partial charge in [-0.05, 0) is 30.5 Å². The minimum Gasteiger partial charge on any atom is -0.481 e. The minimum atomic E-state index is -0.839. The molecule has 2 rings (SSSR count). The molecule has 1 atom stereocenters. The first-order chi connectivity index (χ1) is 9.47. The quantitative estimate of drug-likeness (QED) is 0.899. The number of amides is 2. The largest absolute Gasteiger partial charge is 0.481 e. The van der Waals surface area contributed by atoms with Gasteiger partial charge in [-0.1, -0.05) is 23.7 Å². The van der Waals surface area contributed by atoms with Crippen molar-refractivity contribution in [3.05, 3.63) is 34.3 Å². The Hall–Kier alpha value is -1.75. The molecular formula is C14H17ClN2O3. The number of carboxylic acid groups (broad SMARTS) is 1. The number of hydrogen-bond acceptors (Lipinski definition) is 2. The normalized spacial score (nSPS) is 18.1. The molecule has 1 aliphatic heterocycles. The van der Waals surface area contributed by atoms with E-state index >= 15 is 0 Å². The number of rotatable bonds is 3. The predicted molar refractivity (Wildman–Crippen MR) is 75.7 cm³/mol. The zero-order valence-electron chi connectivity index (χ0n) is 11.2. The summed E-state index contributed by atoms with van der Waals surface area (Å²) in [5.74, 6) is -1.29. The molecule has 0 radical (unpaired) electrons. The van der Waals surface area contributed by atoms with Crippen LogP contribution in [0, 0.1) is 12.8 Å². The average molecular weight is 297 g/mol. The smallest absolute Gasteiger partial charge is 0.317 e. The number of nitrogens with zero attached hydrogens (tertiary/aromatic N) is 1. The molecule has 0 aliphatic carbocycles. The van der Waals surface area contributed by atoms with Crippen molar-refractivity contribution in [1.82, 2.24) is 10.2 Å². The van der Waals surface area contributed by atoms with Crippen LogP contribution in [0.5, 0.6) is 0 Å². The van der Waals surface area contributed by atoms with Gasteiger partial charge in [0.05, 0.1) is 5.92 Å². The highest BCUT2D eigenvalue weighted by Crippen LogP contribution is 2.18. The van der Waals surface area contributed by atoms with E-state index in [1.54, 1.807) is 11.0 Å². The summed E-state index contributed by atoms with van der Waals surface area (Å²) in [6, 6.07) is 5.36. The summed E-state index contributed by atoms with van der Waals surface area (Å²) < 4.78 is 0. The number of hydrogen-bond donors (Lipinski definition) is 2. The fraction of sp³-hybridized carbons (Fsp3) is 0.429. The molecule has 2 amide bonds. The van der Waals surface area contributed by atoms with Crippen LogP contribution in [-0.2, 0) is 11.3 Å². The van der Waals surface area contributed by atoms with Crippen LogP contribution in [0.1, 0.15) is 17.5 Å². The van der Waals surface area contributed by atoms with Gasteiger partial charge < -0.3 is 15.3 Å². The first-order valence-corrected chi connectivity index (χ1v) is 6.86. The molecule has 2 N–H and O–H groups in total. The lowest BCUT2D eigenvalue weighted by Crippen LogP contribution is -2.38. The topological polar surface area (TPSA) is 69.6 Å². The molecule has 1 unspecified atom stereocenters. The SMILES string of the molecule is Cc1cc(CNC(=O)N2CCC(C(=O)O)C2)ccc1Cl. The van der Waals surface area contributed by atoms with Gasteiger partial charge in [0.1, 0.15) is 0 Å². The summed E-state index contributed by atoms with van der Waals surface area (Å²) in [6.07, 6.45) is 0.517. The molecular weight excluding hydrogens is 280 g/mol. The summed E-state index contributed by atoms with van der Waals surface area (Å²) in [6.45, 7) is 3.08. The van der Waals surface area contributed by atoms with Gasteiger partial charge in [-0.2, -0.15) is 0 Å². The van der Waals surface area contributed by atoms with Gasteiger partial charge in [-0.15, -0.1) is 0 Å². The molecule has 1 aromatic rings. The second-order valence-electron chi connectivity index (χ2n) is 5.01. The molecule has 0 saturated carbocycles. The fourth-order valence-corrected chi connectivity index (χ4v) is 2.37. The molecule has 0 aromatic heterocycles. The molecule has 1 heterocycles. The Morgan fingerprint density at radius 2 is 2.25 bits per heavy atom. The Morgan fingerprint density at radius 1 is 1.50 bits per heavy atom. The maximum Gasteiger partial charge on any atom is 0.317 e. The molecule has 20 heavy (non-hydrogen) atoms. The van der Waals surface area contributed by atoms with Crippen LogP contribution in [-0.4, -0.2) is 35.1 Å². The van der Waals surface area contributed by atoms with Crippen molar-refractivity contribution in [2.75, 3.05) is 13.1 Å². The van der Waals surface area contributed by atoms with E-state index in [4.69, 9.17) is 16.7 Å². The zero-order chi connectivity index (χ0) is 14.7. The Morgan fingerprint density at radius 3 is 2.85 bits per heavy atom. The number of nitrogens with one attached hydrogen (secondary N) is 1. The van der Waals surface area contributed by atoms with Crippen LogP contribution in [0.25, 0.3) is 0 Å². The maximum absolute atomic E-state index is 11.9. The van der Waals surface area contributed by atoms with Crippen molar-refractivity contribution in [3.63, 3.8) is 0 Å². The Kier molecular flexibility index (Phi) is 4.49. The van der Waals surface area contributed by atoms with Crippen LogP contribution < -0.4 is 5.32 Å². The van der Waals surface area contributed by atoms with Crippen molar-refractivity contribution in [1.29, 1.82) is 0 Å². The van der Waals surface area contributed by atoms with E-state index in [-0.39, 0.29) is 12.6 Å². The highest BCUT2D eigenvalue weighted by atomic mass is 35.5. The molecule has 0 spiro atoms. The van der Waals surface area contributed by atoms with E-state index in [0.29, 0.717) is 24.5 Å². The van der Waals surface area contributed by atoms with Gasteiger partial charge in [-0.3, -0.25) is 4.79 Å².